The SMILES string of the molecule is CCN1CCC(O)(C(C)(C)CN)C1. The molecule has 0 bridgehead atoms. The Bertz CT molecular complexity index is 182. The van der Waals surface area contributed by atoms with Crippen LogP contribution >= 0.6 is 0 Å². The number of hydrogen-bond acceptors (Lipinski definition) is 3. The van der Waals surface area contributed by atoms with E-state index in [-0.39, 0.29) is 5.41 Å². The number of likely N-dealkylation sites (tertiary alicyclic amines) is 1. The average Bonchev–Trinajstić information content (AvgIpc) is 2.49. The Balaban J connectivity index is 2.68. The minimum atomic E-state index is -0.586. The topological polar surface area (TPSA) is 49.5 Å². The van der Waals surface area contributed by atoms with Gasteiger partial charge in [-0.05, 0) is 13.0 Å². The monoisotopic (exact) mass is 186 g/mol. The van der Waals surface area contributed by atoms with Crippen LogP contribution in [0.5, 0.6) is 0 Å². The maximum Gasteiger partial charge on any atom is 0.0848 e. The summed E-state index contributed by atoms with van der Waals surface area (Å²) in [6, 6.07) is 0. The smallest absolute Gasteiger partial charge is 0.0848 e. The Morgan fingerprint density at radius 1 is 1.54 bits per heavy atom. The molecule has 1 aliphatic rings. The highest BCUT2D eigenvalue weighted by Gasteiger charge is 2.46. The van der Waals surface area contributed by atoms with E-state index in [0.717, 1.165) is 26.1 Å². The van der Waals surface area contributed by atoms with Crippen LogP contribution in [0, 0.1) is 5.41 Å². The van der Waals surface area contributed by atoms with E-state index in [0.29, 0.717) is 6.54 Å². The summed E-state index contributed by atoms with van der Waals surface area (Å²) >= 11 is 0. The molecule has 1 atom stereocenters. The minimum absolute atomic E-state index is 0.170. The molecule has 0 amide bonds. The summed E-state index contributed by atoms with van der Waals surface area (Å²) in [6.07, 6.45) is 0.852. The third-order valence-corrected chi connectivity index (χ3v) is 3.54. The van der Waals surface area contributed by atoms with E-state index in [1.807, 2.05) is 13.8 Å². The Kier molecular flexibility index (Phi) is 3.00. The zero-order valence-corrected chi connectivity index (χ0v) is 9.01. The first kappa shape index (κ1) is 11.0. The van der Waals surface area contributed by atoms with Gasteiger partial charge < -0.3 is 15.7 Å². The Morgan fingerprint density at radius 2 is 2.15 bits per heavy atom. The van der Waals surface area contributed by atoms with Crippen molar-refractivity contribution in [3.63, 3.8) is 0 Å². The van der Waals surface area contributed by atoms with Crippen molar-refractivity contribution in [1.82, 2.24) is 4.90 Å². The first-order valence-corrected chi connectivity index (χ1v) is 5.10. The lowest BCUT2D eigenvalue weighted by molar-refractivity contribution is -0.0520. The summed E-state index contributed by atoms with van der Waals surface area (Å²) < 4.78 is 0. The molecule has 0 aromatic carbocycles. The second-order valence-corrected chi connectivity index (χ2v) is 4.74. The summed E-state index contributed by atoms with van der Waals surface area (Å²) in [7, 11) is 0. The van der Waals surface area contributed by atoms with Gasteiger partial charge in [-0.3, -0.25) is 0 Å². The maximum absolute atomic E-state index is 10.4. The van der Waals surface area contributed by atoms with E-state index in [1.54, 1.807) is 0 Å². The summed E-state index contributed by atoms with van der Waals surface area (Å²) in [5.74, 6) is 0. The van der Waals surface area contributed by atoms with Crippen molar-refractivity contribution < 1.29 is 5.11 Å². The molecule has 3 N–H and O–H groups in total. The van der Waals surface area contributed by atoms with Crippen molar-refractivity contribution in [3.8, 4) is 0 Å². The molecule has 1 saturated heterocycles. The molecule has 0 saturated carbocycles. The van der Waals surface area contributed by atoms with Crippen LogP contribution in [0.4, 0.5) is 0 Å². The Labute approximate surface area is 80.9 Å². The number of likely N-dealkylation sites (N-methyl/N-ethyl adjacent to an activating group) is 1. The van der Waals surface area contributed by atoms with Gasteiger partial charge in [-0.2, -0.15) is 0 Å². The molecule has 1 heterocycles. The van der Waals surface area contributed by atoms with Crippen LogP contribution in [-0.2, 0) is 0 Å². The van der Waals surface area contributed by atoms with Crippen molar-refractivity contribution >= 4 is 0 Å². The molecule has 0 aliphatic carbocycles. The van der Waals surface area contributed by atoms with Gasteiger partial charge in [-0.25, -0.2) is 0 Å². The quantitative estimate of drug-likeness (QED) is 0.672. The highest BCUT2D eigenvalue weighted by atomic mass is 16.3. The largest absolute Gasteiger partial charge is 0.388 e. The third-order valence-electron chi connectivity index (χ3n) is 3.54. The average molecular weight is 186 g/mol. The maximum atomic E-state index is 10.4. The second kappa shape index (κ2) is 3.56. The molecule has 1 unspecified atom stereocenters. The summed E-state index contributed by atoms with van der Waals surface area (Å²) in [4.78, 5) is 2.28. The van der Waals surface area contributed by atoms with Crippen LogP contribution in [0.25, 0.3) is 0 Å². The zero-order valence-electron chi connectivity index (χ0n) is 9.01. The highest BCUT2D eigenvalue weighted by molar-refractivity contribution is 5.00. The van der Waals surface area contributed by atoms with Crippen molar-refractivity contribution in [2.45, 2.75) is 32.8 Å². The predicted molar refractivity (Wildman–Crippen MR) is 54.5 cm³/mol. The zero-order chi connectivity index (χ0) is 10.1. The summed E-state index contributed by atoms with van der Waals surface area (Å²) in [5, 5.41) is 10.4. The van der Waals surface area contributed by atoms with Crippen LogP contribution in [0.2, 0.25) is 0 Å². The van der Waals surface area contributed by atoms with Crippen molar-refractivity contribution in [2.24, 2.45) is 11.1 Å². The normalized spacial score (nSPS) is 31.2. The van der Waals surface area contributed by atoms with Gasteiger partial charge in [0, 0.05) is 25.0 Å². The number of β-amino-alcohol motifs (C(OH)–C–C–N with tert-alkyl or cyclic N) is 1. The number of hydrogen-bond donors (Lipinski definition) is 2. The van der Waals surface area contributed by atoms with Crippen molar-refractivity contribution in [2.75, 3.05) is 26.2 Å². The summed E-state index contributed by atoms with van der Waals surface area (Å²) in [6.45, 7) is 9.55. The van der Waals surface area contributed by atoms with E-state index >= 15 is 0 Å². The van der Waals surface area contributed by atoms with Crippen LogP contribution in [0.1, 0.15) is 27.2 Å². The van der Waals surface area contributed by atoms with Gasteiger partial charge in [0.15, 0.2) is 0 Å². The molecule has 0 aromatic heterocycles. The Morgan fingerprint density at radius 3 is 2.54 bits per heavy atom. The molecular weight excluding hydrogens is 164 g/mol. The highest BCUT2D eigenvalue weighted by Crippen LogP contribution is 2.37. The molecule has 0 spiro atoms. The molecule has 0 aromatic rings. The van der Waals surface area contributed by atoms with E-state index in [2.05, 4.69) is 11.8 Å². The van der Waals surface area contributed by atoms with Gasteiger partial charge in [-0.15, -0.1) is 0 Å². The van der Waals surface area contributed by atoms with Gasteiger partial charge in [0.2, 0.25) is 0 Å². The van der Waals surface area contributed by atoms with Crippen molar-refractivity contribution in [1.29, 1.82) is 0 Å². The van der Waals surface area contributed by atoms with Gasteiger partial charge >= 0.3 is 0 Å². The lowest BCUT2D eigenvalue weighted by Crippen LogP contribution is -2.50. The molecular formula is C10H22N2O. The molecule has 1 rings (SSSR count). The third kappa shape index (κ3) is 1.87. The van der Waals surface area contributed by atoms with Crippen LogP contribution in [0.3, 0.4) is 0 Å². The summed E-state index contributed by atoms with van der Waals surface area (Å²) in [5.41, 5.74) is 4.92. The first-order chi connectivity index (χ1) is 5.95. The minimum Gasteiger partial charge on any atom is -0.388 e. The van der Waals surface area contributed by atoms with Crippen LogP contribution < -0.4 is 5.73 Å². The molecule has 0 radical (unpaired) electrons. The molecule has 1 aliphatic heterocycles. The van der Waals surface area contributed by atoms with Gasteiger partial charge in [0.1, 0.15) is 0 Å². The molecule has 1 fully saturated rings. The van der Waals surface area contributed by atoms with Crippen LogP contribution in [-0.4, -0.2) is 41.8 Å². The molecule has 3 nitrogen and oxygen atoms in total. The number of rotatable bonds is 3. The van der Waals surface area contributed by atoms with E-state index in [9.17, 15) is 5.11 Å². The van der Waals surface area contributed by atoms with E-state index < -0.39 is 5.60 Å². The van der Waals surface area contributed by atoms with Gasteiger partial charge in [-0.1, -0.05) is 20.8 Å². The fourth-order valence-electron chi connectivity index (χ4n) is 1.88. The number of nitrogens with two attached hydrogens (primary N) is 1. The lowest BCUT2D eigenvalue weighted by atomic mass is 9.74. The van der Waals surface area contributed by atoms with E-state index in [1.165, 1.54) is 0 Å². The van der Waals surface area contributed by atoms with Gasteiger partial charge in [0.25, 0.3) is 0 Å². The Hall–Kier alpha value is -0.120. The first-order valence-electron chi connectivity index (χ1n) is 5.10. The molecule has 13 heavy (non-hydrogen) atoms. The van der Waals surface area contributed by atoms with Crippen molar-refractivity contribution in [3.05, 3.63) is 0 Å². The molecule has 3 heteroatoms. The van der Waals surface area contributed by atoms with Gasteiger partial charge in [0.05, 0.1) is 5.60 Å². The lowest BCUT2D eigenvalue weighted by Gasteiger charge is -2.39. The molecule has 78 valence electrons. The fraction of sp³-hybridized carbons (Fsp3) is 1.00. The standard InChI is InChI=1S/C10H22N2O/c1-4-12-6-5-10(13,8-12)9(2,3)7-11/h13H,4-8,11H2,1-3H3. The fourth-order valence-corrected chi connectivity index (χ4v) is 1.88. The van der Waals surface area contributed by atoms with E-state index in [4.69, 9.17) is 5.73 Å². The predicted octanol–water partition coefficient (Wildman–Crippen LogP) is 0.428. The van der Waals surface area contributed by atoms with Crippen LogP contribution in [0.15, 0.2) is 0 Å². The second-order valence-electron chi connectivity index (χ2n) is 4.74. The number of aliphatic hydroxyl groups is 1. The number of nitrogens with zero attached hydrogens (tertiary/aromatic N) is 1.